The summed E-state index contributed by atoms with van der Waals surface area (Å²) in [5.41, 5.74) is 0. The molecule has 1 saturated carbocycles. The predicted octanol–water partition coefficient (Wildman–Crippen LogP) is 2.67. The minimum atomic E-state index is -2.18. The Kier molecular flexibility index (Phi) is 6.67. The standard InChI is InChI=1S/C12H22F2N2.ClH/c13-12(14)9-16-7-5-11(6-8-16)15-10-3-1-2-4-10;/h10-12,15H,1-9H2;1H. The zero-order valence-electron chi connectivity index (χ0n) is 10.2. The summed E-state index contributed by atoms with van der Waals surface area (Å²) in [4.78, 5) is 1.89. The van der Waals surface area contributed by atoms with Gasteiger partial charge in [-0.15, -0.1) is 12.4 Å². The van der Waals surface area contributed by atoms with Crippen molar-refractivity contribution in [2.24, 2.45) is 0 Å². The van der Waals surface area contributed by atoms with E-state index in [0.717, 1.165) is 25.9 Å². The zero-order valence-corrected chi connectivity index (χ0v) is 11.0. The van der Waals surface area contributed by atoms with Crippen LogP contribution in [0.25, 0.3) is 0 Å². The highest BCUT2D eigenvalue weighted by atomic mass is 35.5. The molecular formula is C12H23ClF2N2. The molecule has 0 radical (unpaired) electrons. The average molecular weight is 269 g/mol. The van der Waals surface area contributed by atoms with Crippen molar-refractivity contribution in [3.8, 4) is 0 Å². The normalized spacial score (nSPS) is 24.2. The summed E-state index contributed by atoms with van der Waals surface area (Å²) in [5.74, 6) is 0. The molecule has 1 N–H and O–H groups in total. The maximum Gasteiger partial charge on any atom is 0.251 e. The van der Waals surface area contributed by atoms with Gasteiger partial charge in [-0.05, 0) is 38.8 Å². The van der Waals surface area contributed by atoms with E-state index in [2.05, 4.69) is 5.32 Å². The third-order valence-corrected chi connectivity index (χ3v) is 3.81. The third kappa shape index (κ3) is 5.06. The Morgan fingerprint density at radius 1 is 1.00 bits per heavy atom. The van der Waals surface area contributed by atoms with E-state index in [4.69, 9.17) is 0 Å². The lowest BCUT2D eigenvalue weighted by Gasteiger charge is -2.33. The molecule has 0 bridgehead atoms. The molecule has 1 aliphatic heterocycles. The molecule has 0 atom stereocenters. The molecule has 17 heavy (non-hydrogen) atoms. The molecule has 0 aromatic rings. The zero-order chi connectivity index (χ0) is 11.4. The Morgan fingerprint density at radius 2 is 1.53 bits per heavy atom. The molecule has 0 amide bonds. The Hall–Kier alpha value is 0.0700. The number of alkyl halides is 2. The highest BCUT2D eigenvalue weighted by Gasteiger charge is 2.24. The van der Waals surface area contributed by atoms with E-state index in [0.29, 0.717) is 12.1 Å². The maximum atomic E-state index is 12.2. The van der Waals surface area contributed by atoms with Crippen LogP contribution in [0.5, 0.6) is 0 Å². The van der Waals surface area contributed by atoms with E-state index < -0.39 is 6.43 Å². The second-order valence-corrected chi connectivity index (χ2v) is 5.11. The fourth-order valence-electron chi connectivity index (χ4n) is 2.90. The maximum absolute atomic E-state index is 12.2. The first kappa shape index (κ1) is 15.1. The van der Waals surface area contributed by atoms with Gasteiger partial charge in [0.2, 0.25) is 0 Å². The number of hydrogen-bond donors (Lipinski definition) is 1. The van der Waals surface area contributed by atoms with E-state index in [-0.39, 0.29) is 19.0 Å². The van der Waals surface area contributed by atoms with Gasteiger partial charge in [-0.3, -0.25) is 4.90 Å². The fraction of sp³-hybridized carbons (Fsp3) is 1.00. The molecule has 5 heteroatoms. The molecule has 1 aliphatic carbocycles. The lowest BCUT2D eigenvalue weighted by atomic mass is 10.0. The van der Waals surface area contributed by atoms with E-state index in [1.54, 1.807) is 0 Å². The number of rotatable bonds is 4. The Bertz CT molecular complexity index is 203. The lowest BCUT2D eigenvalue weighted by Crippen LogP contribution is -2.46. The van der Waals surface area contributed by atoms with Gasteiger partial charge in [0, 0.05) is 12.1 Å². The van der Waals surface area contributed by atoms with Gasteiger partial charge in [0.05, 0.1) is 6.54 Å². The molecule has 2 nitrogen and oxygen atoms in total. The molecule has 1 heterocycles. The monoisotopic (exact) mass is 268 g/mol. The minimum absolute atomic E-state index is 0. The highest BCUT2D eigenvalue weighted by Crippen LogP contribution is 2.20. The largest absolute Gasteiger partial charge is 0.311 e. The second kappa shape index (κ2) is 7.49. The van der Waals surface area contributed by atoms with Crippen molar-refractivity contribution in [3.63, 3.8) is 0 Å². The van der Waals surface area contributed by atoms with Gasteiger partial charge in [-0.25, -0.2) is 8.78 Å². The molecule has 102 valence electrons. The summed E-state index contributed by atoms with van der Waals surface area (Å²) in [6.45, 7) is 1.61. The summed E-state index contributed by atoms with van der Waals surface area (Å²) in [6, 6.07) is 1.27. The summed E-state index contributed by atoms with van der Waals surface area (Å²) in [7, 11) is 0. The minimum Gasteiger partial charge on any atom is -0.311 e. The van der Waals surface area contributed by atoms with Gasteiger partial charge in [-0.2, -0.15) is 0 Å². The van der Waals surface area contributed by atoms with Crippen LogP contribution < -0.4 is 5.32 Å². The van der Waals surface area contributed by atoms with Crippen LogP contribution in [0.4, 0.5) is 8.78 Å². The van der Waals surface area contributed by atoms with Gasteiger partial charge in [0.1, 0.15) is 0 Å². The first-order valence-electron chi connectivity index (χ1n) is 6.50. The van der Waals surface area contributed by atoms with Crippen LogP contribution in [0.3, 0.4) is 0 Å². The van der Waals surface area contributed by atoms with Crippen molar-refractivity contribution in [1.82, 2.24) is 10.2 Å². The van der Waals surface area contributed by atoms with Crippen LogP contribution in [0.2, 0.25) is 0 Å². The first-order valence-corrected chi connectivity index (χ1v) is 6.50. The second-order valence-electron chi connectivity index (χ2n) is 5.11. The molecule has 0 unspecified atom stereocenters. The molecule has 2 aliphatic rings. The number of likely N-dealkylation sites (tertiary alicyclic amines) is 1. The van der Waals surface area contributed by atoms with Gasteiger partial charge in [0.15, 0.2) is 0 Å². The number of nitrogens with zero attached hydrogens (tertiary/aromatic N) is 1. The van der Waals surface area contributed by atoms with Crippen molar-refractivity contribution >= 4 is 12.4 Å². The van der Waals surface area contributed by atoms with E-state index in [1.165, 1.54) is 25.7 Å². The van der Waals surface area contributed by atoms with Gasteiger partial charge in [0.25, 0.3) is 6.43 Å². The fourth-order valence-corrected chi connectivity index (χ4v) is 2.90. The molecule has 2 rings (SSSR count). The smallest absolute Gasteiger partial charge is 0.251 e. The van der Waals surface area contributed by atoms with Crippen molar-refractivity contribution in [2.45, 2.75) is 57.0 Å². The number of piperidine rings is 1. The van der Waals surface area contributed by atoms with E-state index in [1.807, 2.05) is 4.90 Å². The summed E-state index contributed by atoms with van der Waals surface area (Å²) >= 11 is 0. The molecule has 0 spiro atoms. The molecule has 0 aromatic heterocycles. The predicted molar refractivity (Wildman–Crippen MR) is 68.1 cm³/mol. The van der Waals surface area contributed by atoms with Crippen molar-refractivity contribution in [3.05, 3.63) is 0 Å². The van der Waals surface area contributed by atoms with Gasteiger partial charge >= 0.3 is 0 Å². The van der Waals surface area contributed by atoms with Crippen LogP contribution in [0, 0.1) is 0 Å². The van der Waals surface area contributed by atoms with Gasteiger partial charge < -0.3 is 5.32 Å². The number of hydrogen-bond acceptors (Lipinski definition) is 2. The SMILES string of the molecule is Cl.FC(F)CN1CCC(NC2CCCC2)CC1. The molecule has 1 saturated heterocycles. The van der Waals surface area contributed by atoms with Crippen LogP contribution in [0.15, 0.2) is 0 Å². The average Bonchev–Trinajstić information content (AvgIpc) is 2.73. The van der Waals surface area contributed by atoms with Crippen molar-refractivity contribution in [1.29, 1.82) is 0 Å². The lowest BCUT2D eigenvalue weighted by molar-refractivity contribution is 0.0721. The Labute approximate surface area is 109 Å². The van der Waals surface area contributed by atoms with Crippen LogP contribution in [-0.4, -0.2) is 43.0 Å². The molecule has 2 fully saturated rings. The topological polar surface area (TPSA) is 15.3 Å². The van der Waals surface area contributed by atoms with Gasteiger partial charge in [-0.1, -0.05) is 12.8 Å². The van der Waals surface area contributed by atoms with Crippen molar-refractivity contribution < 1.29 is 8.78 Å². The summed E-state index contributed by atoms with van der Waals surface area (Å²) in [6.07, 6.45) is 5.18. The first-order chi connectivity index (χ1) is 7.74. The number of nitrogens with one attached hydrogen (secondary N) is 1. The van der Waals surface area contributed by atoms with Crippen LogP contribution in [0.1, 0.15) is 38.5 Å². The van der Waals surface area contributed by atoms with Crippen molar-refractivity contribution in [2.75, 3.05) is 19.6 Å². The molecule has 0 aromatic carbocycles. The summed E-state index contributed by atoms with van der Waals surface area (Å²) < 4.78 is 24.4. The Balaban J connectivity index is 0.00000144. The number of halogens is 3. The van der Waals surface area contributed by atoms with Crippen LogP contribution in [-0.2, 0) is 0 Å². The van der Waals surface area contributed by atoms with E-state index in [9.17, 15) is 8.78 Å². The van der Waals surface area contributed by atoms with E-state index >= 15 is 0 Å². The molecular weight excluding hydrogens is 246 g/mol. The Morgan fingerprint density at radius 3 is 2.06 bits per heavy atom. The summed E-state index contributed by atoms with van der Waals surface area (Å²) in [5, 5.41) is 3.68. The highest BCUT2D eigenvalue weighted by molar-refractivity contribution is 5.85. The third-order valence-electron chi connectivity index (χ3n) is 3.81. The van der Waals surface area contributed by atoms with Crippen LogP contribution >= 0.6 is 12.4 Å². The quantitative estimate of drug-likeness (QED) is 0.843.